The molecule has 0 fully saturated rings. The van der Waals surface area contributed by atoms with Gasteiger partial charge in [0.05, 0.1) is 19.6 Å². The Bertz CT molecular complexity index is 403. The van der Waals surface area contributed by atoms with Gasteiger partial charge in [-0.3, -0.25) is 9.59 Å². The van der Waals surface area contributed by atoms with Crippen molar-refractivity contribution in [2.75, 3.05) is 13.2 Å². The smallest absolute Gasteiger partial charge is 0.329 e. The van der Waals surface area contributed by atoms with Crippen LogP contribution in [0.25, 0.3) is 0 Å². The van der Waals surface area contributed by atoms with Crippen molar-refractivity contribution in [3.8, 4) is 0 Å². The van der Waals surface area contributed by atoms with Crippen molar-refractivity contribution in [2.45, 2.75) is 26.3 Å². The van der Waals surface area contributed by atoms with Crippen LogP contribution < -0.4 is 5.32 Å². The van der Waals surface area contributed by atoms with Crippen molar-refractivity contribution in [3.05, 3.63) is 12.2 Å². The highest BCUT2D eigenvalue weighted by Gasteiger charge is 2.25. The molecule has 20 heavy (non-hydrogen) atoms. The number of carbonyl (C=O) groups is 4. The van der Waals surface area contributed by atoms with Crippen LogP contribution >= 0.6 is 0 Å². The molecule has 8 nitrogen and oxygen atoms in total. The Balaban J connectivity index is 4.67. The molecule has 8 heteroatoms. The molecule has 0 unspecified atom stereocenters. The first-order chi connectivity index (χ1) is 9.40. The van der Waals surface area contributed by atoms with E-state index in [0.29, 0.717) is 6.08 Å². The lowest BCUT2D eigenvalue weighted by atomic mass is 10.2. The number of hydrogen-bond donors (Lipinski definition) is 2. The van der Waals surface area contributed by atoms with Gasteiger partial charge in [0.2, 0.25) is 5.91 Å². The second-order valence-corrected chi connectivity index (χ2v) is 3.49. The van der Waals surface area contributed by atoms with Crippen molar-refractivity contribution in [3.63, 3.8) is 0 Å². The molecule has 0 rings (SSSR count). The van der Waals surface area contributed by atoms with Crippen LogP contribution in [0.2, 0.25) is 0 Å². The summed E-state index contributed by atoms with van der Waals surface area (Å²) in [6.07, 6.45) is 0.959. The summed E-state index contributed by atoms with van der Waals surface area (Å²) in [7, 11) is 0. The summed E-state index contributed by atoms with van der Waals surface area (Å²) in [5.41, 5.74) is 0. The normalized spacial score (nSPS) is 11.7. The molecule has 0 radical (unpaired) electrons. The van der Waals surface area contributed by atoms with E-state index in [0.717, 1.165) is 6.08 Å². The van der Waals surface area contributed by atoms with Crippen LogP contribution in [0, 0.1) is 0 Å². The lowest BCUT2D eigenvalue weighted by molar-refractivity contribution is -0.153. The van der Waals surface area contributed by atoms with Crippen molar-refractivity contribution in [1.29, 1.82) is 0 Å². The van der Waals surface area contributed by atoms with Gasteiger partial charge in [-0.1, -0.05) is 0 Å². The number of esters is 2. The maximum atomic E-state index is 11.6. The van der Waals surface area contributed by atoms with Crippen LogP contribution in [0.3, 0.4) is 0 Å². The van der Waals surface area contributed by atoms with E-state index in [2.05, 4.69) is 10.1 Å². The predicted octanol–water partition coefficient (Wildman–Crippen LogP) is -0.372. The first-order valence-electron chi connectivity index (χ1n) is 5.94. The van der Waals surface area contributed by atoms with Crippen molar-refractivity contribution in [1.82, 2.24) is 5.32 Å². The molecule has 1 atom stereocenters. The number of amides is 1. The third-order valence-corrected chi connectivity index (χ3v) is 1.94. The molecule has 0 heterocycles. The first kappa shape index (κ1) is 17.6. The highest BCUT2D eigenvalue weighted by Crippen LogP contribution is 1.99. The fraction of sp³-hybridized carbons (Fsp3) is 0.500. The molecule has 0 aromatic rings. The van der Waals surface area contributed by atoms with Gasteiger partial charge in [-0.15, -0.1) is 0 Å². The summed E-state index contributed by atoms with van der Waals surface area (Å²) >= 11 is 0. The maximum Gasteiger partial charge on any atom is 0.329 e. The molecule has 0 spiro atoms. The zero-order valence-electron chi connectivity index (χ0n) is 11.3. The van der Waals surface area contributed by atoms with Crippen LogP contribution in [0.5, 0.6) is 0 Å². The molecule has 0 aromatic heterocycles. The first-order valence-corrected chi connectivity index (χ1v) is 5.94. The molecular weight excluding hydrogens is 270 g/mol. The quantitative estimate of drug-likeness (QED) is 0.461. The number of hydrogen-bond acceptors (Lipinski definition) is 6. The Hall–Kier alpha value is -2.38. The topological polar surface area (TPSA) is 119 Å². The number of carbonyl (C=O) groups excluding carboxylic acids is 3. The maximum absolute atomic E-state index is 11.6. The second kappa shape index (κ2) is 9.54. The third kappa shape index (κ3) is 7.85. The summed E-state index contributed by atoms with van der Waals surface area (Å²) in [5.74, 6) is -3.60. The summed E-state index contributed by atoms with van der Waals surface area (Å²) in [4.78, 5) is 44.5. The zero-order valence-corrected chi connectivity index (χ0v) is 11.3. The van der Waals surface area contributed by atoms with Crippen LogP contribution in [0.15, 0.2) is 12.2 Å². The van der Waals surface area contributed by atoms with Crippen LogP contribution in [-0.2, 0) is 28.7 Å². The fourth-order valence-corrected chi connectivity index (χ4v) is 1.19. The number of carboxylic acids is 1. The van der Waals surface area contributed by atoms with E-state index in [1.165, 1.54) is 0 Å². The number of nitrogens with one attached hydrogen (secondary N) is 1. The average molecular weight is 287 g/mol. The average Bonchev–Trinajstić information content (AvgIpc) is 2.36. The van der Waals surface area contributed by atoms with Gasteiger partial charge in [-0.05, 0) is 13.8 Å². The minimum absolute atomic E-state index is 0.0823. The minimum atomic E-state index is -1.31. The highest BCUT2D eigenvalue weighted by molar-refractivity contribution is 5.96. The molecule has 1 amide bonds. The van der Waals surface area contributed by atoms with E-state index >= 15 is 0 Å². The van der Waals surface area contributed by atoms with E-state index in [-0.39, 0.29) is 19.6 Å². The molecular formula is C12H17NO7. The molecule has 0 saturated heterocycles. The fourth-order valence-electron chi connectivity index (χ4n) is 1.19. The van der Waals surface area contributed by atoms with Gasteiger partial charge in [-0.2, -0.15) is 0 Å². The third-order valence-electron chi connectivity index (χ3n) is 1.94. The monoisotopic (exact) mass is 287 g/mol. The number of rotatable bonds is 8. The molecule has 0 bridgehead atoms. The lowest BCUT2D eigenvalue weighted by Gasteiger charge is -2.15. The standard InChI is InChI=1S/C12H17NO7/c1-3-19-11(17)7-8(12(18)20-4-2)13-9(14)5-6-10(15)16/h5-6,8H,3-4,7H2,1-2H3,(H,13,14)(H,15,16)/b6-5+/t8-/m0/s1. The molecule has 2 N–H and O–H groups in total. The minimum Gasteiger partial charge on any atom is -0.478 e. The Morgan fingerprint density at radius 3 is 2.20 bits per heavy atom. The van der Waals surface area contributed by atoms with E-state index in [1.54, 1.807) is 13.8 Å². The molecule has 0 aliphatic heterocycles. The Morgan fingerprint density at radius 1 is 1.10 bits per heavy atom. The van der Waals surface area contributed by atoms with Gasteiger partial charge in [-0.25, -0.2) is 9.59 Å². The van der Waals surface area contributed by atoms with Gasteiger partial charge in [0.25, 0.3) is 0 Å². The second-order valence-electron chi connectivity index (χ2n) is 3.49. The largest absolute Gasteiger partial charge is 0.478 e. The predicted molar refractivity (Wildman–Crippen MR) is 66.6 cm³/mol. The Labute approximate surface area is 115 Å². The number of ether oxygens (including phenoxy) is 2. The SMILES string of the molecule is CCOC(=O)C[C@H](NC(=O)/C=C/C(=O)O)C(=O)OCC. The van der Waals surface area contributed by atoms with Crippen molar-refractivity contribution >= 4 is 23.8 Å². The van der Waals surface area contributed by atoms with E-state index in [1.807, 2.05) is 0 Å². The van der Waals surface area contributed by atoms with E-state index in [9.17, 15) is 19.2 Å². The van der Waals surface area contributed by atoms with E-state index < -0.39 is 29.9 Å². The molecule has 112 valence electrons. The van der Waals surface area contributed by atoms with Gasteiger partial charge in [0.1, 0.15) is 6.04 Å². The van der Waals surface area contributed by atoms with Gasteiger partial charge in [0.15, 0.2) is 0 Å². The van der Waals surface area contributed by atoms with Gasteiger partial charge >= 0.3 is 17.9 Å². The molecule has 0 aliphatic rings. The van der Waals surface area contributed by atoms with Crippen LogP contribution in [0.1, 0.15) is 20.3 Å². The summed E-state index contributed by atoms with van der Waals surface area (Å²) in [6.45, 7) is 3.40. The molecule has 0 aliphatic carbocycles. The zero-order chi connectivity index (χ0) is 15.5. The summed E-state index contributed by atoms with van der Waals surface area (Å²) in [5, 5.41) is 10.6. The van der Waals surface area contributed by atoms with Crippen LogP contribution in [-0.4, -0.2) is 48.2 Å². The Kier molecular flexibility index (Phi) is 8.40. The highest BCUT2D eigenvalue weighted by atomic mass is 16.5. The van der Waals surface area contributed by atoms with Gasteiger partial charge < -0.3 is 19.9 Å². The summed E-state index contributed by atoms with van der Waals surface area (Å²) < 4.78 is 9.38. The van der Waals surface area contributed by atoms with Crippen molar-refractivity contribution < 1.29 is 33.8 Å². The molecule has 0 saturated carbocycles. The van der Waals surface area contributed by atoms with E-state index in [4.69, 9.17) is 9.84 Å². The molecule has 0 aromatic carbocycles. The number of carboxylic acid groups (broad SMARTS) is 1. The number of aliphatic carboxylic acids is 1. The van der Waals surface area contributed by atoms with Crippen LogP contribution in [0.4, 0.5) is 0 Å². The van der Waals surface area contributed by atoms with Gasteiger partial charge in [0, 0.05) is 12.2 Å². The van der Waals surface area contributed by atoms with Crippen molar-refractivity contribution in [2.24, 2.45) is 0 Å². The lowest BCUT2D eigenvalue weighted by Crippen LogP contribution is -2.43. The Morgan fingerprint density at radius 2 is 1.70 bits per heavy atom. The summed E-state index contributed by atoms with van der Waals surface area (Å²) in [6, 6.07) is -1.22.